The summed E-state index contributed by atoms with van der Waals surface area (Å²) < 4.78 is 32.7. The van der Waals surface area contributed by atoms with Crippen LogP contribution in [0.3, 0.4) is 0 Å². The molecule has 0 saturated carbocycles. The fourth-order valence-corrected chi connectivity index (χ4v) is 1.63. The van der Waals surface area contributed by atoms with Gasteiger partial charge in [-0.15, -0.1) is 3.89 Å². The summed E-state index contributed by atoms with van der Waals surface area (Å²) >= 11 is 0. The van der Waals surface area contributed by atoms with Gasteiger partial charge in [-0.2, -0.15) is 8.42 Å². The van der Waals surface area contributed by atoms with E-state index in [1.54, 1.807) is 0 Å². The molecule has 0 unspecified atom stereocenters. The van der Waals surface area contributed by atoms with Gasteiger partial charge in [-0.05, 0) is 18.6 Å². The molecule has 1 aromatic rings. The SMILES string of the molecule is CC.CCCCCNC=O.[B]c1ccc(S(=O)(=O)F)cc1. The average molecular weight is 315 g/mol. The van der Waals surface area contributed by atoms with E-state index in [0.29, 0.717) is 5.46 Å². The van der Waals surface area contributed by atoms with Crippen molar-refractivity contribution >= 4 is 29.9 Å². The van der Waals surface area contributed by atoms with Gasteiger partial charge in [0.2, 0.25) is 6.41 Å². The molecule has 0 spiro atoms. The van der Waals surface area contributed by atoms with Crippen LogP contribution in [-0.4, -0.2) is 29.2 Å². The van der Waals surface area contributed by atoms with Crippen molar-refractivity contribution < 1.29 is 17.1 Å². The Morgan fingerprint density at radius 2 is 1.71 bits per heavy atom. The normalized spacial score (nSPS) is 9.52. The predicted molar refractivity (Wildman–Crippen MR) is 85.1 cm³/mol. The van der Waals surface area contributed by atoms with Gasteiger partial charge in [0.15, 0.2) is 0 Å². The zero-order valence-electron chi connectivity index (χ0n) is 12.8. The standard InChI is InChI=1S/C6H4BFO2S.C6H13NO.C2H6/c7-5-1-3-6(4-2-5)11(8,9)10;1-2-3-4-5-7-6-8;1-2/h1-4H;6H,2-5H2,1H3,(H,7,8);1-2H3. The van der Waals surface area contributed by atoms with E-state index < -0.39 is 10.2 Å². The van der Waals surface area contributed by atoms with E-state index in [4.69, 9.17) is 7.85 Å². The number of nitrogens with one attached hydrogen (secondary N) is 1. The molecule has 2 radical (unpaired) electrons. The Labute approximate surface area is 128 Å². The van der Waals surface area contributed by atoms with Crippen molar-refractivity contribution in [3.05, 3.63) is 24.3 Å². The molecule has 0 aromatic heterocycles. The van der Waals surface area contributed by atoms with Crippen LogP contribution in [0.1, 0.15) is 40.0 Å². The van der Waals surface area contributed by atoms with Crippen LogP contribution < -0.4 is 10.8 Å². The molecule has 0 heterocycles. The van der Waals surface area contributed by atoms with Crippen LogP contribution in [0.5, 0.6) is 0 Å². The van der Waals surface area contributed by atoms with E-state index in [9.17, 15) is 17.1 Å². The zero-order chi connectivity index (χ0) is 16.7. The van der Waals surface area contributed by atoms with Crippen LogP contribution in [0, 0.1) is 0 Å². The Balaban J connectivity index is 0. The maximum Gasteiger partial charge on any atom is 0.332 e. The van der Waals surface area contributed by atoms with Gasteiger partial charge in [0.05, 0.1) is 4.90 Å². The minimum atomic E-state index is -4.58. The number of rotatable bonds is 6. The summed E-state index contributed by atoms with van der Waals surface area (Å²) in [6.45, 7) is 6.97. The molecule has 1 amide bonds. The van der Waals surface area contributed by atoms with Crippen LogP contribution in [0.4, 0.5) is 3.89 Å². The van der Waals surface area contributed by atoms with Gasteiger partial charge in [-0.1, -0.05) is 51.2 Å². The van der Waals surface area contributed by atoms with Crippen molar-refractivity contribution in [3.63, 3.8) is 0 Å². The molecule has 0 bridgehead atoms. The third-order valence-corrected chi connectivity index (χ3v) is 3.00. The molecule has 21 heavy (non-hydrogen) atoms. The van der Waals surface area contributed by atoms with Crippen molar-refractivity contribution in [2.45, 2.75) is 44.9 Å². The van der Waals surface area contributed by atoms with Crippen molar-refractivity contribution in [2.75, 3.05) is 6.54 Å². The second kappa shape index (κ2) is 13.6. The number of amides is 1. The van der Waals surface area contributed by atoms with Gasteiger partial charge in [-0.25, -0.2) is 0 Å². The molecule has 0 fully saturated rings. The lowest BCUT2D eigenvalue weighted by Gasteiger charge is -1.94. The highest BCUT2D eigenvalue weighted by Crippen LogP contribution is 2.08. The van der Waals surface area contributed by atoms with E-state index in [1.807, 2.05) is 13.8 Å². The van der Waals surface area contributed by atoms with Crippen molar-refractivity contribution in [3.8, 4) is 0 Å². The summed E-state index contributed by atoms with van der Waals surface area (Å²) in [6, 6.07) is 4.88. The highest BCUT2D eigenvalue weighted by Gasteiger charge is 2.09. The Morgan fingerprint density at radius 1 is 1.19 bits per heavy atom. The maximum atomic E-state index is 12.2. The van der Waals surface area contributed by atoms with E-state index in [2.05, 4.69) is 12.2 Å². The highest BCUT2D eigenvalue weighted by molar-refractivity contribution is 7.86. The summed E-state index contributed by atoms with van der Waals surface area (Å²) in [5.74, 6) is 0. The number of carbonyl (C=O) groups is 1. The number of benzene rings is 1. The summed E-state index contributed by atoms with van der Waals surface area (Å²) in [5.41, 5.74) is 0.400. The quantitative estimate of drug-likeness (QED) is 0.378. The lowest BCUT2D eigenvalue weighted by molar-refractivity contribution is -0.109. The molecular weight excluding hydrogens is 292 g/mol. The molecule has 1 aromatic carbocycles. The molecule has 0 aliphatic carbocycles. The van der Waals surface area contributed by atoms with Crippen molar-refractivity contribution in [1.29, 1.82) is 0 Å². The fraction of sp³-hybridized carbons (Fsp3) is 0.500. The lowest BCUT2D eigenvalue weighted by Crippen LogP contribution is -2.11. The summed E-state index contributed by atoms with van der Waals surface area (Å²) in [7, 11) is 0.678. The number of halogens is 1. The van der Waals surface area contributed by atoms with Crippen molar-refractivity contribution in [2.24, 2.45) is 0 Å². The first kappa shape index (κ1) is 21.9. The van der Waals surface area contributed by atoms with E-state index >= 15 is 0 Å². The maximum absolute atomic E-state index is 12.2. The van der Waals surface area contributed by atoms with Crippen LogP contribution in [-0.2, 0) is 15.0 Å². The van der Waals surface area contributed by atoms with Crippen LogP contribution in [0.25, 0.3) is 0 Å². The molecule has 118 valence electrons. The Morgan fingerprint density at radius 3 is 2.10 bits per heavy atom. The average Bonchev–Trinajstić information content (AvgIpc) is 2.46. The summed E-state index contributed by atoms with van der Waals surface area (Å²) in [6.07, 6.45) is 4.27. The zero-order valence-corrected chi connectivity index (χ0v) is 13.6. The van der Waals surface area contributed by atoms with Crippen LogP contribution in [0.2, 0.25) is 0 Å². The van der Waals surface area contributed by atoms with E-state index in [1.165, 1.54) is 25.0 Å². The molecule has 1 N–H and O–H groups in total. The molecule has 4 nitrogen and oxygen atoms in total. The molecular formula is C14H23BFNO3S. The van der Waals surface area contributed by atoms with Gasteiger partial charge in [0, 0.05) is 6.54 Å². The molecule has 0 aliphatic heterocycles. The molecule has 7 heteroatoms. The van der Waals surface area contributed by atoms with E-state index in [0.717, 1.165) is 31.5 Å². The molecule has 1 rings (SSSR count). The Bertz CT molecular complexity index is 464. The minimum absolute atomic E-state index is 0.369. The summed E-state index contributed by atoms with van der Waals surface area (Å²) in [4.78, 5) is 9.29. The fourth-order valence-electron chi connectivity index (χ4n) is 1.17. The molecule has 0 saturated heterocycles. The Kier molecular flexibility index (Phi) is 14.2. The first-order chi connectivity index (χ1) is 9.91. The van der Waals surface area contributed by atoms with Crippen LogP contribution >= 0.6 is 0 Å². The van der Waals surface area contributed by atoms with Gasteiger partial charge in [-0.3, -0.25) is 4.79 Å². The topological polar surface area (TPSA) is 63.2 Å². The minimum Gasteiger partial charge on any atom is -0.359 e. The Hall–Kier alpha value is -1.37. The lowest BCUT2D eigenvalue weighted by atomic mass is 9.97. The third-order valence-electron chi connectivity index (χ3n) is 2.17. The third kappa shape index (κ3) is 13.4. The largest absolute Gasteiger partial charge is 0.359 e. The first-order valence-corrected chi connectivity index (χ1v) is 8.27. The molecule has 0 aliphatic rings. The van der Waals surface area contributed by atoms with Gasteiger partial charge >= 0.3 is 10.2 Å². The number of hydrogen-bond acceptors (Lipinski definition) is 3. The second-order valence-corrected chi connectivity index (χ2v) is 5.13. The monoisotopic (exact) mass is 315 g/mol. The highest BCUT2D eigenvalue weighted by atomic mass is 32.3. The summed E-state index contributed by atoms with van der Waals surface area (Å²) in [5, 5.41) is 2.60. The van der Waals surface area contributed by atoms with Crippen molar-refractivity contribution in [1.82, 2.24) is 5.32 Å². The first-order valence-electron chi connectivity index (χ1n) is 6.89. The van der Waals surface area contributed by atoms with Gasteiger partial charge in [0.1, 0.15) is 7.85 Å². The van der Waals surface area contributed by atoms with E-state index in [-0.39, 0.29) is 4.90 Å². The number of hydrogen-bond donors (Lipinski definition) is 1. The second-order valence-electron chi connectivity index (χ2n) is 3.79. The number of unbranched alkanes of at least 4 members (excludes halogenated alkanes) is 2. The molecule has 0 atom stereocenters. The van der Waals surface area contributed by atoms with Gasteiger partial charge in [0.25, 0.3) is 0 Å². The van der Waals surface area contributed by atoms with Gasteiger partial charge < -0.3 is 5.32 Å². The van der Waals surface area contributed by atoms with Crippen LogP contribution in [0.15, 0.2) is 29.2 Å². The number of carbonyl (C=O) groups excluding carboxylic acids is 1. The smallest absolute Gasteiger partial charge is 0.332 e. The predicted octanol–water partition coefficient (Wildman–Crippen LogP) is 2.09.